The lowest BCUT2D eigenvalue weighted by Gasteiger charge is -2.49. The Morgan fingerprint density at radius 3 is 2.47 bits per heavy atom. The molecule has 3 rings (SSSR count). The van der Waals surface area contributed by atoms with Crippen molar-refractivity contribution in [2.75, 3.05) is 12.4 Å². The number of carboxylic acid groups (broad SMARTS) is 1. The second-order valence-electron chi connectivity index (χ2n) is 8.73. The molecule has 2 aliphatic heterocycles. The summed E-state index contributed by atoms with van der Waals surface area (Å²) in [7, 11) is 0. The van der Waals surface area contributed by atoms with Gasteiger partial charge in [0.15, 0.2) is 0 Å². The van der Waals surface area contributed by atoms with E-state index in [9.17, 15) is 24.3 Å². The van der Waals surface area contributed by atoms with Crippen LogP contribution in [0.25, 0.3) is 0 Å². The lowest BCUT2D eigenvalue weighted by Crippen LogP contribution is -2.70. The van der Waals surface area contributed by atoms with Gasteiger partial charge in [0, 0.05) is 11.3 Å². The van der Waals surface area contributed by atoms with E-state index < -0.39 is 35.0 Å². The molecule has 10 heteroatoms. The minimum Gasteiger partial charge on any atom is -0.477 e. The van der Waals surface area contributed by atoms with Crippen molar-refractivity contribution in [3.8, 4) is 0 Å². The van der Waals surface area contributed by atoms with E-state index >= 15 is 0 Å². The third-order valence-corrected chi connectivity index (χ3v) is 6.59. The SMILES string of the molecule is CC(C)(C)OC(=O)N[C@@H]1C(=O)N2C(C(=O)O)=C(COC(=O)C3CCCCC3)CS[C@H]12. The van der Waals surface area contributed by atoms with Gasteiger partial charge in [-0.15, -0.1) is 11.8 Å². The molecule has 0 aromatic heterocycles. The number of hydrogen-bond acceptors (Lipinski definition) is 7. The van der Waals surface area contributed by atoms with E-state index in [4.69, 9.17) is 9.47 Å². The summed E-state index contributed by atoms with van der Waals surface area (Å²) in [5.41, 5.74) is -0.489. The van der Waals surface area contributed by atoms with Gasteiger partial charge >= 0.3 is 18.0 Å². The molecule has 0 aromatic carbocycles. The molecule has 0 radical (unpaired) electrons. The number of nitrogens with zero attached hydrogens (tertiary/aromatic N) is 1. The van der Waals surface area contributed by atoms with E-state index in [0.29, 0.717) is 11.3 Å². The molecule has 0 aromatic rings. The Kier molecular flexibility index (Phi) is 6.64. The summed E-state index contributed by atoms with van der Waals surface area (Å²) in [6, 6.07) is -0.856. The first-order valence-electron chi connectivity index (χ1n) is 10.1. The Labute approximate surface area is 179 Å². The van der Waals surface area contributed by atoms with Crippen LogP contribution in [0.3, 0.4) is 0 Å². The summed E-state index contributed by atoms with van der Waals surface area (Å²) in [6.45, 7) is 4.99. The maximum atomic E-state index is 12.6. The first-order valence-corrected chi connectivity index (χ1v) is 11.2. The lowest BCUT2D eigenvalue weighted by atomic mass is 9.89. The van der Waals surface area contributed by atoms with Crippen LogP contribution in [0.4, 0.5) is 4.79 Å². The number of aliphatic carboxylic acids is 1. The van der Waals surface area contributed by atoms with Crippen LogP contribution in [0.1, 0.15) is 52.9 Å². The molecular weight excluding hydrogens is 412 g/mol. The summed E-state index contributed by atoms with van der Waals surface area (Å²) in [6.07, 6.45) is 3.97. The highest BCUT2D eigenvalue weighted by Gasteiger charge is 2.54. The zero-order valence-corrected chi connectivity index (χ0v) is 18.3. The number of ether oxygens (including phenoxy) is 2. The molecule has 9 nitrogen and oxygen atoms in total. The molecule has 166 valence electrons. The molecule has 2 amide bonds. The second-order valence-corrected chi connectivity index (χ2v) is 9.84. The fourth-order valence-electron chi connectivity index (χ4n) is 3.84. The number of thioether (sulfide) groups is 1. The van der Waals surface area contributed by atoms with Crippen LogP contribution in [0.5, 0.6) is 0 Å². The summed E-state index contributed by atoms with van der Waals surface area (Å²) >= 11 is 1.32. The van der Waals surface area contributed by atoms with Gasteiger partial charge in [0.05, 0.1) is 5.92 Å². The molecule has 1 aliphatic carbocycles. The average Bonchev–Trinajstić information content (AvgIpc) is 2.68. The number of fused-ring (bicyclic) bond motifs is 1. The highest BCUT2D eigenvalue weighted by Crippen LogP contribution is 2.40. The highest BCUT2D eigenvalue weighted by molar-refractivity contribution is 8.00. The zero-order chi connectivity index (χ0) is 22.1. The standard InChI is InChI=1S/C20H28N2O7S/c1-20(2,3)29-19(27)21-13-15(23)22-14(17(24)25)12(10-30-16(13)22)9-28-18(26)11-7-5-4-6-8-11/h11,13,16H,4-10H2,1-3H3,(H,21,27)(H,24,25)/t13-,16-/m1/s1. The number of β-lactam (4-membered cyclic amide) rings is 1. The number of alkyl carbamates (subject to hydrolysis) is 1. The number of esters is 1. The molecule has 1 saturated carbocycles. The predicted octanol–water partition coefficient (Wildman–Crippen LogP) is 2.26. The van der Waals surface area contributed by atoms with Gasteiger partial charge in [-0.05, 0) is 33.6 Å². The van der Waals surface area contributed by atoms with E-state index in [2.05, 4.69) is 5.32 Å². The smallest absolute Gasteiger partial charge is 0.408 e. The van der Waals surface area contributed by atoms with Gasteiger partial charge in [0.1, 0.15) is 29.3 Å². The number of nitrogens with one attached hydrogen (secondary N) is 1. The van der Waals surface area contributed by atoms with Crippen molar-refractivity contribution >= 4 is 35.7 Å². The maximum Gasteiger partial charge on any atom is 0.408 e. The Morgan fingerprint density at radius 2 is 1.87 bits per heavy atom. The number of carbonyl (C=O) groups excluding carboxylic acids is 3. The van der Waals surface area contributed by atoms with Crippen LogP contribution in [0.15, 0.2) is 11.3 Å². The molecule has 0 bridgehead atoms. The summed E-state index contributed by atoms with van der Waals surface area (Å²) < 4.78 is 10.6. The largest absolute Gasteiger partial charge is 0.477 e. The van der Waals surface area contributed by atoms with Crippen molar-refractivity contribution in [3.05, 3.63) is 11.3 Å². The van der Waals surface area contributed by atoms with Gasteiger partial charge in [0.2, 0.25) is 0 Å². The van der Waals surface area contributed by atoms with Gasteiger partial charge in [-0.3, -0.25) is 14.5 Å². The highest BCUT2D eigenvalue weighted by atomic mass is 32.2. The zero-order valence-electron chi connectivity index (χ0n) is 17.4. The van der Waals surface area contributed by atoms with Gasteiger partial charge in [0.25, 0.3) is 5.91 Å². The topological polar surface area (TPSA) is 122 Å². The summed E-state index contributed by atoms with van der Waals surface area (Å²) in [4.78, 5) is 49.9. The average molecular weight is 441 g/mol. The van der Waals surface area contributed by atoms with Crippen molar-refractivity contribution in [3.63, 3.8) is 0 Å². The molecule has 0 spiro atoms. The Bertz CT molecular complexity index is 768. The minimum atomic E-state index is -1.26. The number of carboxylic acids is 1. The van der Waals surface area contributed by atoms with Crippen molar-refractivity contribution < 1.29 is 33.8 Å². The molecule has 30 heavy (non-hydrogen) atoms. The van der Waals surface area contributed by atoms with E-state index in [1.54, 1.807) is 20.8 Å². The van der Waals surface area contributed by atoms with E-state index in [1.807, 2.05) is 0 Å². The predicted molar refractivity (Wildman–Crippen MR) is 108 cm³/mol. The van der Waals surface area contributed by atoms with Gasteiger partial charge in [-0.25, -0.2) is 9.59 Å². The maximum absolute atomic E-state index is 12.6. The third-order valence-electron chi connectivity index (χ3n) is 5.25. The van der Waals surface area contributed by atoms with Crippen molar-refractivity contribution in [1.82, 2.24) is 10.2 Å². The fourth-order valence-corrected chi connectivity index (χ4v) is 5.17. The van der Waals surface area contributed by atoms with E-state index in [0.717, 1.165) is 37.0 Å². The molecule has 3 aliphatic rings. The number of carbonyl (C=O) groups is 4. The quantitative estimate of drug-likeness (QED) is 0.493. The first-order chi connectivity index (χ1) is 14.1. The van der Waals surface area contributed by atoms with Gasteiger partial charge in [-0.1, -0.05) is 19.3 Å². The molecule has 2 fully saturated rings. The monoisotopic (exact) mass is 440 g/mol. The van der Waals surface area contributed by atoms with Gasteiger partial charge < -0.3 is 19.9 Å². The third kappa shape index (κ3) is 4.91. The Balaban J connectivity index is 1.65. The minimum absolute atomic E-state index is 0.135. The van der Waals surface area contributed by atoms with E-state index in [1.165, 1.54) is 11.8 Å². The first kappa shape index (κ1) is 22.5. The Hall–Kier alpha value is -2.23. The van der Waals surface area contributed by atoms with Crippen molar-refractivity contribution in [1.29, 1.82) is 0 Å². The molecule has 2 N–H and O–H groups in total. The number of hydrogen-bond donors (Lipinski definition) is 2. The molecular formula is C20H28N2O7S. The van der Waals surface area contributed by atoms with Crippen molar-refractivity contribution in [2.45, 2.75) is 69.9 Å². The second kappa shape index (κ2) is 8.87. The van der Waals surface area contributed by atoms with Crippen LogP contribution in [0, 0.1) is 5.92 Å². The van der Waals surface area contributed by atoms with Crippen molar-refractivity contribution in [2.24, 2.45) is 5.92 Å². The normalized spacial score (nSPS) is 24.6. The molecule has 2 atom stereocenters. The summed E-state index contributed by atoms with van der Waals surface area (Å²) in [5, 5.41) is 11.7. The lowest BCUT2D eigenvalue weighted by molar-refractivity contribution is -0.150. The van der Waals surface area contributed by atoms with E-state index in [-0.39, 0.29) is 24.2 Å². The van der Waals surface area contributed by atoms with Gasteiger partial charge in [-0.2, -0.15) is 0 Å². The molecule has 0 unspecified atom stereocenters. The molecule has 1 saturated heterocycles. The van der Waals surface area contributed by atoms with Crippen LogP contribution < -0.4 is 5.32 Å². The number of rotatable bonds is 5. The van der Waals surface area contributed by atoms with Crippen LogP contribution in [-0.2, 0) is 23.9 Å². The summed E-state index contributed by atoms with van der Waals surface area (Å²) in [5.74, 6) is -1.93. The number of amides is 2. The van der Waals surface area contributed by atoms with Crippen LogP contribution >= 0.6 is 11.8 Å². The van der Waals surface area contributed by atoms with Crippen LogP contribution in [-0.4, -0.2) is 63.3 Å². The fraction of sp³-hybridized carbons (Fsp3) is 0.700. The molecule has 2 heterocycles. The van der Waals surface area contributed by atoms with Crippen LogP contribution in [0.2, 0.25) is 0 Å². The Morgan fingerprint density at radius 1 is 1.20 bits per heavy atom.